The summed E-state index contributed by atoms with van der Waals surface area (Å²) >= 11 is 0. The van der Waals surface area contributed by atoms with E-state index in [0.717, 1.165) is 5.69 Å². The van der Waals surface area contributed by atoms with Crippen LogP contribution in [0.1, 0.15) is 6.92 Å². The number of nitrogens with one attached hydrogen (secondary N) is 1. The van der Waals surface area contributed by atoms with E-state index in [1.54, 1.807) is 26.4 Å². The number of ether oxygens (including phenoxy) is 2. The second kappa shape index (κ2) is 5.95. The molecule has 0 aliphatic carbocycles. The highest BCUT2D eigenvalue weighted by Crippen LogP contribution is 2.29. The van der Waals surface area contributed by atoms with Gasteiger partial charge in [-0.25, -0.2) is 8.42 Å². The molecule has 18 heavy (non-hydrogen) atoms. The van der Waals surface area contributed by atoms with Crippen LogP contribution in [0.25, 0.3) is 0 Å². The predicted octanol–water partition coefficient (Wildman–Crippen LogP) is 1.55. The Morgan fingerprint density at radius 2 is 1.83 bits per heavy atom. The molecule has 6 heteroatoms. The Hall–Kier alpha value is -1.43. The average molecular weight is 273 g/mol. The zero-order chi connectivity index (χ0) is 13.8. The summed E-state index contributed by atoms with van der Waals surface area (Å²) in [5.74, 6) is 1.33. The SMILES string of the molecule is COc1ccc(NC(C)CS(C)(=O)=O)cc1OC. The zero-order valence-corrected chi connectivity index (χ0v) is 11.9. The molecule has 0 heterocycles. The van der Waals surface area contributed by atoms with Crippen molar-refractivity contribution >= 4 is 15.5 Å². The van der Waals surface area contributed by atoms with E-state index in [-0.39, 0.29) is 11.8 Å². The lowest BCUT2D eigenvalue weighted by atomic mass is 10.2. The molecule has 5 nitrogen and oxygen atoms in total. The minimum atomic E-state index is -2.99. The highest BCUT2D eigenvalue weighted by molar-refractivity contribution is 7.90. The lowest BCUT2D eigenvalue weighted by molar-refractivity contribution is 0.355. The molecule has 0 saturated heterocycles. The fourth-order valence-electron chi connectivity index (χ4n) is 1.71. The van der Waals surface area contributed by atoms with Crippen molar-refractivity contribution in [2.75, 3.05) is 31.5 Å². The molecule has 0 amide bonds. The first-order chi connectivity index (χ1) is 8.35. The normalized spacial score (nSPS) is 12.9. The van der Waals surface area contributed by atoms with Crippen molar-refractivity contribution in [1.82, 2.24) is 0 Å². The van der Waals surface area contributed by atoms with Gasteiger partial charge in [-0.05, 0) is 19.1 Å². The van der Waals surface area contributed by atoms with E-state index in [1.165, 1.54) is 6.26 Å². The van der Waals surface area contributed by atoms with Crippen molar-refractivity contribution < 1.29 is 17.9 Å². The van der Waals surface area contributed by atoms with Crippen molar-refractivity contribution in [3.63, 3.8) is 0 Å². The zero-order valence-electron chi connectivity index (χ0n) is 11.1. The molecule has 0 saturated carbocycles. The van der Waals surface area contributed by atoms with Gasteiger partial charge in [0.05, 0.1) is 20.0 Å². The van der Waals surface area contributed by atoms with Crippen LogP contribution in [0.5, 0.6) is 11.5 Å². The lowest BCUT2D eigenvalue weighted by Gasteiger charge is -2.16. The van der Waals surface area contributed by atoms with Crippen molar-refractivity contribution in [1.29, 1.82) is 0 Å². The second-order valence-corrected chi connectivity index (χ2v) is 6.39. The van der Waals surface area contributed by atoms with Crippen molar-refractivity contribution in [2.45, 2.75) is 13.0 Å². The van der Waals surface area contributed by atoms with Crippen LogP contribution in [0.3, 0.4) is 0 Å². The minimum Gasteiger partial charge on any atom is -0.493 e. The quantitative estimate of drug-likeness (QED) is 0.852. The van der Waals surface area contributed by atoms with Crippen LogP contribution < -0.4 is 14.8 Å². The standard InChI is InChI=1S/C12H19NO4S/c1-9(8-18(4,14)15)13-10-5-6-11(16-2)12(7-10)17-3/h5-7,9,13H,8H2,1-4H3. The van der Waals surface area contributed by atoms with Crippen LogP contribution >= 0.6 is 0 Å². The van der Waals surface area contributed by atoms with E-state index in [0.29, 0.717) is 11.5 Å². The maximum absolute atomic E-state index is 11.2. The molecule has 1 aromatic carbocycles. The van der Waals surface area contributed by atoms with Crippen molar-refractivity contribution in [2.24, 2.45) is 0 Å². The Morgan fingerprint density at radius 3 is 2.33 bits per heavy atom. The maximum Gasteiger partial charge on any atom is 0.162 e. The van der Waals surface area contributed by atoms with Gasteiger partial charge in [-0.2, -0.15) is 0 Å². The number of hydrogen-bond donors (Lipinski definition) is 1. The van der Waals surface area contributed by atoms with Gasteiger partial charge in [0.25, 0.3) is 0 Å². The topological polar surface area (TPSA) is 64.6 Å². The van der Waals surface area contributed by atoms with Gasteiger partial charge in [-0.1, -0.05) is 0 Å². The summed E-state index contributed by atoms with van der Waals surface area (Å²) in [5.41, 5.74) is 0.795. The van der Waals surface area contributed by atoms with Crippen LogP contribution in [-0.4, -0.2) is 40.7 Å². The van der Waals surface area contributed by atoms with E-state index >= 15 is 0 Å². The van der Waals surface area contributed by atoms with Gasteiger partial charge in [0.15, 0.2) is 11.5 Å². The summed E-state index contributed by atoms with van der Waals surface area (Å²) in [6, 6.07) is 5.20. The summed E-state index contributed by atoms with van der Waals surface area (Å²) in [5, 5.41) is 3.11. The van der Waals surface area contributed by atoms with E-state index < -0.39 is 9.84 Å². The van der Waals surface area contributed by atoms with E-state index in [2.05, 4.69) is 5.32 Å². The summed E-state index contributed by atoms with van der Waals surface area (Å²) < 4.78 is 32.6. The molecule has 1 N–H and O–H groups in total. The Kier molecular flexibility index (Phi) is 4.84. The largest absolute Gasteiger partial charge is 0.493 e. The van der Waals surface area contributed by atoms with Crippen LogP contribution in [0.4, 0.5) is 5.69 Å². The van der Waals surface area contributed by atoms with Gasteiger partial charge < -0.3 is 14.8 Å². The summed E-state index contributed by atoms with van der Waals surface area (Å²) in [4.78, 5) is 0. The molecule has 1 rings (SSSR count). The minimum absolute atomic E-state index is 0.0847. The third-order valence-corrected chi connectivity index (χ3v) is 3.45. The van der Waals surface area contributed by atoms with Crippen LogP contribution in [-0.2, 0) is 9.84 Å². The molecule has 0 fully saturated rings. The van der Waals surface area contributed by atoms with E-state index in [4.69, 9.17) is 9.47 Å². The molecular weight excluding hydrogens is 254 g/mol. The van der Waals surface area contributed by atoms with Gasteiger partial charge in [0.1, 0.15) is 9.84 Å². The third-order valence-electron chi connectivity index (χ3n) is 2.35. The second-order valence-electron chi connectivity index (χ2n) is 4.21. The fraction of sp³-hybridized carbons (Fsp3) is 0.500. The summed E-state index contributed by atoms with van der Waals surface area (Å²) in [6.07, 6.45) is 1.22. The van der Waals surface area contributed by atoms with Gasteiger partial charge in [-0.15, -0.1) is 0 Å². The van der Waals surface area contributed by atoms with Crippen molar-refractivity contribution in [3.05, 3.63) is 18.2 Å². The number of sulfone groups is 1. The number of benzene rings is 1. The monoisotopic (exact) mass is 273 g/mol. The molecule has 1 aromatic rings. The first-order valence-corrected chi connectivity index (χ1v) is 7.58. The molecule has 1 atom stereocenters. The molecule has 1 unspecified atom stereocenters. The van der Waals surface area contributed by atoms with Crippen LogP contribution in [0.15, 0.2) is 18.2 Å². The third kappa shape index (κ3) is 4.44. The van der Waals surface area contributed by atoms with Crippen molar-refractivity contribution in [3.8, 4) is 11.5 Å². The lowest BCUT2D eigenvalue weighted by Crippen LogP contribution is -2.24. The number of methoxy groups -OCH3 is 2. The molecular formula is C12H19NO4S. The molecule has 0 bridgehead atoms. The number of rotatable bonds is 6. The van der Waals surface area contributed by atoms with Crippen LogP contribution in [0.2, 0.25) is 0 Å². The van der Waals surface area contributed by atoms with Gasteiger partial charge in [0.2, 0.25) is 0 Å². The fourth-order valence-corrected chi connectivity index (χ4v) is 2.70. The average Bonchev–Trinajstić information content (AvgIpc) is 2.26. The number of hydrogen-bond acceptors (Lipinski definition) is 5. The molecule has 0 aliphatic heterocycles. The highest BCUT2D eigenvalue weighted by atomic mass is 32.2. The molecule has 0 spiro atoms. The van der Waals surface area contributed by atoms with Gasteiger partial charge >= 0.3 is 0 Å². The van der Waals surface area contributed by atoms with Gasteiger partial charge in [-0.3, -0.25) is 0 Å². The first kappa shape index (κ1) is 14.6. The summed E-state index contributed by atoms with van der Waals surface area (Å²) in [6.45, 7) is 1.82. The smallest absolute Gasteiger partial charge is 0.162 e. The van der Waals surface area contributed by atoms with Crippen LogP contribution in [0, 0.1) is 0 Å². The van der Waals surface area contributed by atoms with E-state index in [9.17, 15) is 8.42 Å². The van der Waals surface area contributed by atoms with Gasteiger partial charge in [0, 0.05) is 24.1 Å². The Balaban J connectivity index is 2.79. The molecule has 0 radical (unpaired) electrons. The molecule has 0 aliphatic rings. The Morgan fingerprint density at radius 1 is 1.22 bits per heavy atom. The summed E-state index contributed by atoms with van der Waals surface area (Å²) in [7, 11) is 0.133. The molecule has 102 valence electrons. The Labute approximate surface area is 108 Å². The highest BCUT2D eigenvalue weighted by Gasteiger charge is 2.11. The molecule has 0 aromatic heterocycles. The first-order valence-electron chi connectivity index (χ1n) is 5.52. The van der Waals surface area contributed by atoms with E-state index in [1.807, 2.05) is 13.0 Å². The Bertz CT molecular complexity index is 499. The number of anilines is 1. The maximum atomic E-state index is 11.2. The predicted molar refractivity (Wildman–Crippen MR) is 72.3 cm³/mol.